The van der Waals surface area contributed by atoms with Crippen molar-refractivity contribution < 1.29 is 14.7 Å². The van der Waals surface area contributed by atoms with Crippen molar-refractivity contribution in [3.63, 3.8) is 0 Å². The van der Waals surface area contributed by atoms with Crippen LogP contribution >= 0.6 is 0 Å². The van der Waals surface area contributed by atoms with Crippen molar-refractivity contribution in [3.8, 4) is 0 Å². The lowest BCUT2D eigenvalue weighted by Crippen LogP contribution is -2.59. The van der Waals surface area contributed by atoms with E-state index in [-0.39, 0.29) is 6.03 Å². The molecular weight excluding hydrogens is 244 g/mol. The van der Waals surface area contributed by atoms with Crippen LogP contribution < -0.4 is 5.32 Å². The summed E-state index contributed by atoms with van der Waals surface area (Å²) in [4.78, 5) is 25.1. The van der Waals surface area contributed by atoms with Gasteiger partial charge in [-0.3, -0.25) is 4.79 Å². The lowest BCUT2D eigenvalue weighted by atomic mass is 9.74. The largest absolute Gasteiger partial charge is 0.481 e. The van der Waals surface area contributed by atoms with E-state index in [4.69, 9.17) is 0 Å². The molecule has 0 bridgehead atoms. The van der Waals surface area contributed by atoms with Crippen molar-refractivity contribution in [2.75, 3.05) is 13.6 Å². The minimum Gasteiger partial charge on any atom is -0.481 e. The zero-order valence-corrected chi connectivity index (χ0v) is 12.8. The first-order valence-electron chi connectivity index (χ1n) is 6.75. The topological polar surface area (TPSA) is 69.6 Å². The van der Waals surface area contributed by atoms with Crippen LogP contribution in [0.25, 0.3) is 0 Å². The molecule has 1 rings (SSSR count). The standard InChI is InChI=1S/C14H26N2O3/c1-9-7-10(9)8-16(6)12(19)15-14(4,5)13(2,3)11(17)18/h9-10H,7-8H2,1-6H3,(H,15,19)(H,17,18). The third-order valence-electron chi connectivity index (χ3n) is 4.65. The Morgan fingerprint density at radius 3 is 2.16 bits per heavy atom. The van der Waals surface area contributed by atoms with Crippen molar-refractivity contribution in [2.45, 2.75) is 46.6 Å². The van der Waals surface area contributed by atoms with E-state index in [9.17, 15) is 14.7 Å². The summed E-state index contributed by atoms with van der Waals surface area (Å²) >= 11 is 0. The number of nitrogens with one attached hydrogen (secondary N) is 1. The van der Waals surface area contributed by atoms with Crippen LogP contribution in [0.4, 0.5) is 4.79 Å². The van der Waals surface area contributed by atoms with Gasteiger partial charge in [0.25, 0.3) is 0 Å². The molecule has 1 aliphatic rings. The second kappa shape index (κ2) is 5.02. The Hall–Kier alpha value is -1.26. The molecule has 1 saturated carbocycles. The van der Waals surface area contributed by atoms with Gasteiger partial charge < -0.3 is 15.3 Å². The molecule has 0 radical (unpaired) electrons. The highest BCUT2D eigenvalue weighted by atomic mass is 16.4. The van der Waals surface area contributed by atoms with Crippen molar-refractivity contribution in [1.29, 1.82) is 0 Å². The number of carbonyl (C=O) groups is 2. The first-order chi connectivity index (χ1) is 8.49. The molecule has 110 valence electrons. The first kappa shape index (κ1) is 15.8. The predicted octanol–water partition coefficient (Wildman–Crippen LogP) is 2.17. The van der Waals surface area contributed by atoms with Crippen LogP contribution in [0.2, 0.25) is 0 Å². The van der Waals surface area contributed by atoms with E-state index in [1.807, 2.05) is 0 Å². The lowest BCUT2D eigenvalue weighted by molar-refractivity contribution is -0.150. The fourth-order valence-electron chi connectivity index (χ4n) is 1.87. The fraction of sp³-hybridized carbons (Fsp3) is 0.857. The van der Waals surface area contributed by atoms with Gasteiger partial charge in [-0.25, -0.2) is 4.79 Å². The molecule has 2 atom stereocenters. The number of carboxylic acid groups (broad SMARTS) is 1. The van der Waals surface area contributed by atoms with E-state index < -0.39 is 16.9 Å². The molecule has 1 aliphatic carbocycles. The highest BCUT2D eigenvalue weighted by Gasteiger charge is 2.45. The van der Waals surface area contributed by atoms with Gasteiger partial charge >= 0.3 is 12.0 Å². The van der Waals surface area contributed by atoms with Crippen LogP contribution in [0.15, 0.2) is 0 Å². The first-order valence-corrected chi connectivity index (χ1v) is 6.75. The van der Waals surface area contributed by atoms with Crippen LogP contribution in [-0.2, 0) is 4.79 Å². The Kier molecular flexibility index (Phi) is 4.17. The Morgan fingerprint density at radius 1 is 1.32 bits per heavy atom. The summed E-state index contributed by atoms with van der Waals surface area (Å²) in [6, 6.07) is -0.210. The van der Waals surface area contributed by atoms with Crippen LogP contribution in [0.5, 0.6) is 0 Å². The second-order valence-electron chi connectivity index (χ2n) is 6.84. The van der Waals surface area contributed by atoms with Gasteiger partial charge in [-0.15, -0.1) is 0 Å². The number of hydrogen-bond donors (Lipinski definition) is 2. The average Bonchev–Trinajstić information content (AvgIpc) is 2.92. The monoisotopic (exact) mass is 270 g/mol. The number of carboxylic acids is 1. The Labute approximate surface area is 115 Å². The summed E-state index contributed by atoms with van der Waals surface area (Å²) in [7, 11) is 1.75. The molecule has 0 aliphatic heterocycles. The van der Waals surface area contributed by atoms with Crippen LogP contribution in [0, 0.1) is 17.3 Å². The van der Waals surface area contributed by atoms with Crippen molar-refractivity contribution >= 4 is 12.0 Å². The van der Waals surface area contributed by atoms with E-state index in [1.54, 1.807) is 39.6 Å². The van der Waals surface area contributed by atoms with E-state index in [0.717, 1.165) is 6.54 Å². The van der Waals surface area contributed by atoms with Gasteiger partial charge in [-0.2, -0.15) is 0 Å². The van der Waals surface area contributed by atoms with Gasteiger partial charge in [-0.05, 0) is 46.0 Å². The highest BCUT2D eigenvalue weighted by Crippen LogP contribution is 2.38. The molecule has 0 heterocycles. The maximum absolute atomic E-state index is 12.1. The molecule has 0 aromatic rings. The van der Waals surface area contributed by atoms with Crippen molar-refractivity contribution in [1.82, 2.24) is 10.2 Å². The predicted molar refractivity (Wildman–Crippen MR) is 73.9 cm³/mol. The number of nitrogens with zero attached hydrogens (tertiary/aromatic N) is 1. The van der Waals surface area contributed by atoms with Crippen molar-refractivity contribution in [2.24, 2.45) is 17.3 Å². The molecule has 0 spiro atoms. The molecule has 2 amide bonds. The molecule has 1 fully saturated rings. The molecule has 5 heteroatoms. The summed E-state index contributed by atoms with van der Waals surface area (Å²) in [5.41, 5.74) is -1.85. The highest BCUT2D eigenvalue weighted by molar-refractivity contribution is 5.79. The number of hydrogen-bond acceptors (Lipinski definition) is 2. The van der Waals surface area contributed by atoms with Gasteiger partial charge in [0.05, 0.1) is 11.0 Å². The zero-order chi connectivity index (χ0) is 15.0. The molecular formula is C14H26N2O3. The Morgan fingerprint density at radius 2 is 1.79 bits per heavy atom. The van der Waals surface area contributed by atoms with E-state index >= 15 is 0 Å². The van der Waals surface area contributed by atoms with Crippen LogP contribution in [-0.4, -0.2) is 41.1 Å². The van der Waals surface area contributed by atoms with Gasteiger partial charge in [0, 0.05) is 13.6 Å². The maximum Gasteiger partial charge on any atom is 0.317 e. The smallest absolute Gasteiger partial charge is 0.317 e. The molecule has 0 aromatic carbocycles. The molecule has 0 saturated heterocycles. The number of aliphatic carboxylic acids is 1. The third-order valence-corrected chi connectivity index (χ3v) is 4.65. The fourth-order valence-corrected chi connectivity index (χ4v) is 1.87. The van der Waals surface area contributed by atoms with Gasteiger partial charge in [0.2, 0.25) is 0 Å². The molecule has 2 unspecified atom stereocenters. The zero-order valence-electron chi connectivity index (χ0n) is 12.8. The van der Waals surface area contributed by atoms with E-state index in [2.05, 4.69) is 12.2 Å². The summed E-state index contributed by atoms with van der Waals surface area (Å²) in [6.45, 7) is 9.64. The summed E-state index contributed by atoms with van der Waals surface area (Å²) < 4.78 is 0. The number of carbonyl (C=O) groups excluding carboxylic acids is 1. The molecule has 19 heavy (non-hydrogen) atoms. The lowest BCUT2D eigenvalue weighted by Gasteiger charge is -2.39. The molecule has 5 nitrogen and oxygen atoms in total. The van der Waals surface area contributed by atoms with Crippen molar-refractivity contribution in [3.05, 3.63) is 0 Å². The van der Waals surface area contributed by atoms with Crippen LogP contribution in [0.3, 0.4) is 0 Å². The maximum atomic E-state index is 12.1. The normalized spacial score (nSPS) is 22.8. The number of rotatable bonds is 5. The van der Waals surface area contributed by atoms with Gasteiger partial charge in [0.15, 0.2) is 0 Å². The Bertz CT molecular complexity index is 377. The van der Waals surface area contributed by atoms with Crippen LogP contribution in [0.1, 0.15) is 41.0 Å². The minimum atomic E-state index is -1.03. The summed E-state index contributed by atoms with van der Waals surface area (Å²) in [6.07, 6.45) is 1.17. The molecule has 2 N–H and O–H groups in total. The minimum absolute atomic E-state index is 0.210. The second-order valence-corrected chi connectivity index (χ2v) is 6.84. The van der Waals surface area contributed by atoms with E-state index in [0.29, 0.717) is 11.8 Å². The Balaban J connectivity index is 2.61. The summed E-state index contributed by atoms with van der Waals surface area (Å²) in [5, 5.41) is 12.1. The quantitative estimate of drug-likeness (QED) is 0.804. The summed E-state index contributed by atoms with van der Waals surface area (Å²) in [5.74, 6) is 0.362. The van der Waals surface area contributed by atoms with Gasteiger partial charge in [0.1, 0.15) is 0 Å². The number of amides is 2. The third kappa shape index (κ3) is 3.39. The molecule has 0 aromatic heterocycles. The van der Waals surface area contributed by atoms with Gasteiger partial charge in [-0.1, -0.05) is 6.92 Å². The SMILES string of the molecule is CC1CC1CN(C)C(=O)NC(C)(C)C(C)(C)C(=O)O. The average molecular weight is 270 g/mol. The number of urea groups is 1. The van der Waals surface area contributed by atoms with E-state index in [1.165, 1.54) is 6.42 Å².